The van der Waals surface area contributed by atoms with Gasteiger partial charge in [-0.15, -0.1) is 0 Å². The predicted octanol–water partition coefficient (Wildman–Crippen LogP) is 2.68. The Kier molecular flexibility index (Phi) is 2.63. The summed E-state index contributed by atoms with van der Waals surface area (Å²) in [5.74, 6) is -0.179. The van der Waals surface area contributed by atoms with Crippen molar-refractivity contribution >= 4 is 17.1 Å². The van der Waals surface area contributed by atoms with Gasteiger partial charge < -0.3 is 0 Å². The monoisotopic (exact) mass is 262 g/mol. The third-order valence-corrected chi connectivity index (χ3v) is 4.13. The normalized spacial score (nSPS) is 14.6. The summed E-state index contributed by atoms with van der Waals surface area (Å²) in [4.78, 5) is 12.8. The van der Waals surface area contributed by atoms with Gasteiger partial charge in [0, 0.05) is 17.8 Å². The fraction of sp³-hybridized carbons (Fsp3) is 0.231. The lowest BCUT2D eigenvalue weighted by Gasteiger charge is -2.13. The van der Waals surface area contributed by atoms with Gasteiger partial charge in [-0.3, -0.25) is 14.8 Å². The van der Waals surface area contributed by atoms with Crippen LogP contribution in [-0.2, 0) is 6.42 Å². The Morgan fingerprint density at radius 3 is 2.67 bits per heavy atom. The Balaban J connectivity index is 2.21. The number of rotatable bonds is 1. The summed E-state index contributed by atoms with van der Waals surface area (Å²) < 4.78 is 14.7. The summed E-state index contributed by atoms with van der Waals surface area (Å²) in [6.07, 6.45) is 2.19. The highest BCUT2D eigenvalue weighted by molar-refractivity contribution is 7.11. The number of nitrogens with one attached hydrogen (secondary N) is 1. The van der Waals surface area contributed by atoms with Crippen molar-refractivity contribution in [3.8, 4) is 5.69 Å². The van der Waals surface area contributed by atoms with Crippen LogP contribution in [0, 0.1) is 11.2 Å². The molecule has 0 atom stereocenters. The first-order valence-corrected chi connectivity index (χ1v) is 6.57. The number of benzene rings is 1. The van der Waals surface area contributed by atoms with E-state index in [9.17, 15) is 9.18 Å². The second-order valence-electron chi connectivity index (χ2n) is 4.27. The van der Waals surface area contributed by atoms with Crippen LogP contribution < -0.4 is 4.80 Å². The van der Waals surface area contributed by atoms with Gasteiger partial charge in [-0.05, 0) is 37.1 Å². The molecule has 0 amide bonds. The van der Waals surface area contributed by atoms with E-state index in [0.717, 1.165) is 24.2 Å². The predicted molar refractivity (Wildman–Crippen MR) is 66.7 cm³/mol. The Labute approximate surface area is 107 Å². The molecule has 1 heterocycles. The van der Waals surface area contributed by atoms with Crippen molar-refractivity contribution < 1.29 is 9.18 Å². The molecule has 92 valence electrons. The maximum atomic E-state index is 12.9. The number of fused-ring (bicyclic) bond motifs is 1. The SMILES string of the molecule is N=c1sc2c(n1-c1ccc(F)cc1)CCCC2=O. The van der Waals surface area contributed by atoms with Gasteiger partial charge in [0.1, 0.15) is 5.82 Å². The first kappa shape index (κ1) is 11.3. The van der Waals surface area contributed by atoms with Crippen molar-refractivity contribution in [3.63, 3.8) is 0 Å². The van der Waals surface area contributed by atoms with Crippen LogP contribution in [0.1, 0.15) is 28.2 Å². The first-order chi connectivity index (χ1) is 8.66. The van der Waals surface area contributed by atoms with Gasteiger partial charge in [0.2, 0.25) is 0 Å². The lowest BCUT2D eigenvalue weighted by atomic mass is 10.0. The van der Waals surface area contributed by atoms with E-state index < -0.39 is 0 Å². The molecule has 3 rings (SSSR count). The van der Waals surface area contributed by atoms with Crippen molar-refractivity contribution in [2.45, 2.75) is 19.3 Å². The molecule has 1 aliphatic carbocycles. The average molecular weight is 262 g/mol. The number of nitrogens with zero attached hydrogens (tertiary/aromatic N) is 1. The third kappa shape index (κ3) is 1.71. The number of carbonyl (C=O) groups is 1. The fourth-order valence-electron chi connectivity index (χ4n) is 2.26. The van der Waals surface area contributed by atoms with Crippen LogP contribution in [0.5, 0.6) is 0 Å². The zero-order valence-electron chi connectivity index (χ0n) is 9.57. The van der Waals surface area contributed by atoms with Crippen molar-refractivity contribution in [1.29, 1.82) is 5.41 Å². The number of carbonyl (C=O) groups excluding carboxylic acids is 1. The number of hydrogen-bond acceptors (Lipinski definition) is 3. The second kappa shape index (κ2) is 4.17. The molecule has 0 saturated carbocycles. The topological polar surface area (TPSA) is 45.9 Å². The van der Waals surface area contributed by atoms with Crippen molar-refractivity contribution in [3.05, 3.63) is 45.5 Å². The van der Waals surface area contributed by atoms with Gasteiger partial charge in [0.05, 0.1) is 4.88 Å². The minimum Gasteiger partial charge on any atom is -0.293 e. The van der Waals surface area contributed by atoms with E-state index in [4.69, 9.17) is 5.41 Å². The smallest absolute Gasteiger partial charge is 0.187 e. The van der Waals surface area contributed by atoms with Crippen LogP contribution in [0.15, 0.2) is 24.3 Å². The molecule has 0 unspecified atom stereocenters. The molecule has 0 fully saturated rings. The van der Waals surface area contributed by atoms with Crippen LogP contribution in [0.3, 0.4) is 0 Å². The van der Waals surface area contributed by atoms with Crippen molar-refractivity contribution in [1.82, 2.24) is 4.57 Å². The summed E-state index contributed by atoms with van der Waals surface area (Å²) in [5, 5.41) is 7.98. The molecule has 18 heavy (non-hydrogen) atoms. The quantitative estimate of drug-likeness (QED) is 0.843. The molecule has 0 aliphatic heterocycles. The van der Waals surface area contributed by atoms with E-state index in [0.29, 0.717) is 16.1 Å². The van der Waals surface area contributed by atoms with Crippen LogP contribution in [-0.4, -0.2) is 10.4 Å². The highest BCUT2D eigenvalue weighted by Crippen LogP contribution is 2.25. The summed E-state index contributed by atoms with van der Waals surface area (Å²) in [6.45, 7) is 0. The fourth-order valence-corrected chi connectivity index (χ4v) is 3.29. The van der Waals surface area contributed by atoms with Gasteiger partial charge in [-0.25, -0.2) is 4.39 Å². The zero-order chi connectivity index (χ0) is 12.7. The van der Waals surface area contributed by atoms with E-state index in [-0.39, 0.29) is 11.6 Å². The standard InChI is InChI=1S/C13H11FN2OS/c14-8-4-6-9(7-5-8)16-10-2-1-3-11(17)12(10)18-13(16)15/h4-7,15H,1-3H2. The Morgan fingerprint density at radius 2 is 1.94 bits per heavy atom. The molecule has 1 aromatic carbocycles. The van der Waals surface area contributed by atoms with E-state index in [2.05, 4.69) is 0 Å². The van der Waals surface area contributed by atoms with Gasteiger partial charge in [0.25, 0.3) is 0 Å². The molecule has 0 bridgehead atoms. The van der Waals surface area contributed by atoms with Crippen molar-refractivity contribution in [2.75, 3.05) is 0 Å². The maximum Gasteiger partial charge on any atom is 0.187 e. The molecule has 1 aliphatic rings. The zero-order valence-corrected chi connectivity index (χ0v) is 10.4. The van der Waals surface area contributed by atoms with E-state index in [1.807, 2.05) is 0 Å². The molecule has 2 aromatic rings. The molecule has 0 spiro atoms. The van der Waals surface area contributed by atoms with Gasteiger partial charge in [0.15, 0.2) is 10.6 Å². The molecule has 1 N–H and O–H groups in total. The second-order valence-corrected chi connectivity index (χ2v) is 5.27. The maximum absolute atomic E-state index is 12.9. The summed E-state index contributed by atoms with van der Waals surface area (Å²) >= 11 is 1.21. The Bertz CT molecular complexity index is 669. The van der Waals surface area contributed by atoms with E-state index in [1.165, 1.54) is 23.5 Å². The van der Waals surface area contributed by atoms with Crippen LogP contribution in [0.4, 0.5) is 4.39 Å². The number of ketones is 1. The molecule has 0 radical (unpaired) electrons. The van der Waals surface area contributed by atoms with Crippen LogP contribution in [0.2, 0.25) is 0 Å². The molecular formula is C13H11FN2OS. The van der Waals surface area contributed by atoms with Gasteiger partial charge >= 0.3 is 0 Å². The van der Waals surface area contributed by atoms with Gasteiger partial charge in [-0.2, -0.15) is 0 Å². The van der Waals surface area contributed by atoms with Crippen LogP contribution >= 0.6 is 11.3 Å². The number of hydrogen-bond donors (Lipinski definition) is 1. The third-order valence-electron chi connectivity index (χ3n) is 3.09. The number of thiazole rings is 1. The number of Topliss-reactive ketones (excluding diaryl/α,β-unsaturated/α-hetero) is 1. The van der Waals surface area contributed by atoms with E-state index in [1.54, 1.807) is 16.7 Å². The van der Waals surface area contributed by atoms with Crippen LogP contribution in [0.25, 0.3) is 5.69 Å². The highest BCUT2D eigenvalue weighted by Gasteiger charge is 2.23. The minimum atomic E-state index is -0.300. The molecule has 1 aromatic heterocycles. The van der Waals surface area contributed by atoms with E-state index >= 15 is 0 Å². The summed E-state index contributed by atoms with van der Waals surface area (Å²) in [5.41, 5.74) is 1.64. The Morgan fingerprint density at radius 1 is 1.22 bits per heavy atom. The number of aromatic nitrogens is 1. The summed E-state index contributed by atoms with van der Waals surface area (Å²) in [7, 11) is 0. The molecular weight excluding hydrogens is 251 g/mol. The summed E-state index contributed by atoms with van der Waals surface area (Å²) in [6, 6.07) is 6.02. The molecule has 3 nitrogen and oxygen atoms in total. The first-order valence-electron chi connectivity index (χ1n) is 5.75. The lowest BCUT2D eigenvalue weighted by Crippen LogP contribution is -2.17. The average Bonchev–Trinajstić information content (AvgIpc) is 2.69. The largest absolute Gasteiger partial charge is 0.293 e. The Hall–Kier alpha value is -1.75. The molecule has 5 heteroatoms. The van der Waals surface area contributed by atoms with Gasteiger partial charge in [-0.1, -0.05) is 11.3 Å². The molecule has 0 saturated heterocycles. The highest BCUT2D eigenvalue weighted by atomic mass is 32.1. The minimum absolute atomic E-state index is 0.121. The van der Waals surface area contributed by atoms with Crippen molar-refractivity contribution in [2.24, 2.45) is 0 Å². The number of halogens is 1. The lowest BCUT2D eigenvalue weighted by molar-refractivity contribution is 0.0976.